The summed E-state index contributed by atoms with van der Waals surface area (Å²) in [6, 6.07) is 8.05. The number of likely N-dealkylation sites (tertiary alicyclic amines) is 1. The van der Waals surface area contributed by atoms with Crippen LogP contribution >= 0.6 is 15.9 Å². The number of carbonyl (C=O) groups excluding carboxylic acids is 1. The predicted molar refractivity (Wildman–Crippen MR) is 79.6 cm³/mol. The molecule has 0 aromatic heterocycles. The summed E-state index contributed by atoms with van der Waals surface area (Å²) in [5, 5.41) is 0.817. The lowest BCUT2D eigenvalue weighted by Crippen LogP contribution is -2.46. The highest BCUT2D eigenvalue weighted by atomic mass is 79.9. The third kappa shape index (κ3) is 3.37. The molecule has 1 aliphatic heterocycles. The first-order valence-corrected chi connectivity index (χ1v) is 7.76. The zero-order chi connectivity index (χ0) is 13.8. The summed E-state index contributed by atoms with van der Waals surface area (Å²) >= 11 is 3.41. The Labute approximate surface area is 123 Å². The summed E-state index contributed by atoms with van der Waals surface area (Å²) in [5.74, 6) is 0.128. The van der Waals surface area contributed by atoms with E-state index >= 15 is 0 Å². The minimum absolute atomic E-state index is 0.128. The lowest BCUT2D eigenvalue weighted by atomic mass is 9.99. The molecule has 2 unspecified atom stereocenters. The Morgan fingerprint density at radius 2 is 2.11 bits per heavy atom. The molecule has 0 spiro atoms. The fraction of sp³-hybridized carbons (Fsp3) is 0.533. The van der Waals surface area contributed by atoms with Crippen LogP contribution in [0.1, 0.15) is 35.7 Å². The van der Waals surface area contributed by atoms with Crippen molar-refractivity contribution in [2.24, 2.45) is 0 Å². The van der Waals surface area contributed by atoms with E-state index in [9.17, 15) is 4.79 Å². The number of rotatable bonds is 3. The Balaban J connectivity index is 2.06. The topological polar surface area (TPSA) is 29.5 Å². The van der Waals surface area contributed by atoms with Gasteiger partial charge in [0.2, 0.25) is 0 Å². The molecule has 1 saturated heterocycles. The second kappa shape index (κ2) is 6.53. The number of hydrogen-bond donors (Lipinski definition) is 0. The summed E-state index contributed by atoms with van der Waals surface area (Å²) in [6.07, 6.45) is 2.13. The molecule has 1 aromatic rings. The highest BCUT2D eigenvalue weighted by Crippen LogP contribution is 2.21. The summed E-state index contributed by atoms with van der Waals surface area (Å²) in [6.45, 7) is 2.87. The molecule has 0 bridgehead atoms. The van der Waals surface area contributed by atoms with Crippen LogP contribution < -0.4 is 0 Å². The van der Waals surface area contributed by atoms with Gasteiger partial charge in [0, 0.05) is 30.6 Å². The van der Waals surface area contributed by atoms with Gasteiger partial charge in [-0.3, -0.25) is 4.79 Å². The Morgan fingerprint density at radius 3 is 2.63 bits per heavy atom. The van der Waals surface area contributed by atoms with Crippen molar-refractivity contribution in [1.82, 2.24) is 4.90 Å². The standard InChI is InChI=1S/C15H20BrNO2/c1-11-9-14(19-2)7-8-17(11)15(18)13-5-3-12(10-16)4-6-13/h3-6,11,14H,7-10H2,1-2H3. The Hall–Kier alpha value is -0.870. The van der Waals surface area contributed by atoms with Crippen molar-refractivity contribution < 1.29 is 9.53 Å². The van der Waals surface area contributed by atoms with Gasteiger partial charge in [-0.15, -0.1) is 0 Å². The number of halogens is 1. The van der Waals surface area contributed by atoms with Crippen LogP contribution in [0.3, 0.4) is 0 Å². The first kappa shape index (κ1) is 14.5. The molecule has 1 amide bonds. The van der Waals surface area contributed by atoms with Crippen molar-refractivity contribution >= 4 is 21.8 Å². The van der Waals surface area contributed by atoms with Gasteiger partial charge < -0.3 is 9.64 Å². The molecule has 2 atom stereocenters. The third-order valence-corrected chi connectivity index (χ3v) is 4.42. The van der Waals surface area contributed by atoms with Crippen LogP contribution in [-0.4, -0.2) is 36.6 Å². The molecule has 1 fully saturated rings. The number of hydrogen-bond acceptors (Lipinski definition) is 2. The number of carbonyl (C=O) groups is 1. The summed E-state index contributed by atoms with van der Waals surface area (Å²) in [4.78, 5) is 14.4. The minimum atomic E-state index is 0.128. The summed E-state index contributed by atoms with van der Waals surface area (Å²) in [7, 11) is 1.74. The first-order valence-electron chi connectivity index (χ1n) is 6.64. The Kier molecular flexibility index (Phi) is 4.99. The highest BCUT2D eigenvalue weighted by Gasteiger charge is 2.29. The molecule has 1 heterocycles. The number of alkyl halides is 1. The van der Waals surface area contributed by atoms with E-state index in [1.54, 1.807) is 7.11 Å². The van der Waals surface area contributed by atoms with Gasteiger partial charge in [0.15, 0.2) is 0 Å². The van der Waals surface area contributed by atoms with Crippen molar-refractivity contribution in [2.45, 2.75) is 37.2 Å². The molecule has 0 saturated carbocycles. The average molecular weight is 326 g/mol. The quantitative estimate of drug-likeness (QED) is 0.798. The van der Waals surface area contributed by atoms with E-state index in [0.29, 0.717) is 0 Å². The van der Waals surface area contributed by atoms with Crippen molar-refractivity contribution in [2.75, 3.05) is 13.7 Å². The van der Waals surface area contributed by atoms with Crippen LogP contribution in [0, 0.1) is 0 Å². The SMILES string of the molecule is COC1CCN(C(=O)c2ccc(CBr)cc2)C(C)C1. The Morgan fingerprint density at radius 1 is 1.42 bits per heavy atom. The molecule has 1 aliphatic rings. The van der Waals surface area contributed by atoms with Crippen LogP contribution in [0.5, 0.6) is 0 Å². The second-order valence-corrected chi connectivity index (χ2v) is 5.62. The van der Waals surface area contributed by atoms with Crippen molar-refractivity contribution in [3.05, 3.63) is 35.4 Å². The number of nitrogens with zero attached hydrogens (tertiary/aromatic N) is 1. The predicted octanol–water partition coefficient (Wildman–Crippen LogP) is 3.22. The maximum atomic E-state index is 12.5. The summed E-state index contributed by atoms with van der Waals surface area (Å²) < 4.78 is 5.38. The molecular weight excluding hydrogens is 306 g/mol. The van der Waals surface area contributed by atoms with Gasteiger partial charge in [0.05, 0.1) is 6.10 Å². The number of ether oxygens (including phenoxy) is 1. The summed E-state index contributed by atoms with van der Waals surface area (Å²) in [5.41, 5.74) is 1.95. The maximum Gasteiger partial charge on any atom is 0.254 e. The lowest BCUT2D eigenvalue weighted by Gasteiger charge is -2.37. The van der Waals surface area contributed by atoms with Crippen molar-refractivity contribution in [3.8, 4) is 0 Å². The Bertz CT molecular complexity index is 432. The number of amides is 1. The van der Waals surface area contributed by atoms with Crippen molar-refractivity contribution in [1.29, 1.82) is 0 Å². The van der Waals surface area contributed by atoms with E-state index in [4.69, 9.17) is 4.74 Å². The fourth-order valence-electron chi connectivity index (χ4n) is 2.55. The monoisotopic (exact) mass is 325 g/mol. The number of piperidine rings is 1. The van der Waals surface area contributed by atoms with Crippen LogP contribution in [0.25, 0.3) is 0 Å². The van der Waals surface area contributed by atoms with Crippen LogP contribution in [0.15, 0.2) is 24.3 Å². The van der Waals surface area contributed by atoms with Gasteiger partial charge in [-0.25, -0.2) is 0 Å². The fourth-order valence-corrected chi connectivity index (χ4v) is 2.92. The van der Waals surface area contributed by atoms with E-state index in [0.717, 1.165) is 30.3 Å². The molecule has 4 heteroatoms. The maximum absolute atomic E-state index is 12.5. The van der Waals surface area contributed by atoms with E-state index in [2.05, 4.69) is 22.9 Å². The van der Waals surface area contributed by atoms with Gasteiger partial charge in [-0.2, -0.15) is 0 Å². The van der Waals surface area contributed by atoms with Gasteiger partial charge in [-0.05, 0) is 37.5 Å². The van der Waals surface area contributed by atoms with E-state index in [1.807, 2.05) is 29.2 Å². The molecule has 2 rings (SSSR count). The number of benzene rings is 1. The molecule has 0 N–H and O–H groups in total. The first-order chi connectivity index (χ1) is 9.15. The largest absolute Gasteiger partial charge is 0.381 e. The zero-order valence-corrected chi connectivity index (χ0v) is 13.0. The average Bonchev–Trinajstić information content (AvgIpc) is 2.46. The highest BCUT2D eigenvalue weighted by molar-refractivity contribution is 9.08. The van der Waals surface area contributed by atoms with Gasteiger partial charge in [0.25, 0.3) is 5.91 Å². The van der Waals surface area contributed by atoms with E-state index < -0.39 is 0 Å². The molecular formula is C15H20BrNO2. The minimum Gasteiger partial charge on any atom is -0.381 e. The van der Waals surface area contributed by atoms with E-state index in [-0.39, 0.29) is 18.1 Å². The zero-order valence-electron chi connectivity index (χ0n) is 11.4. The molecule has 0 radical (unpaired) electrons. The molecule has 0 aliphatic carbocycles. The van der Waals surface area contributed by atoms with Crippen LogP contribution in [0.4, 0.5) is 0 Å². The molecule has 3 nitrogen and oxygen atoms in total. The molecule has 1 aromatic carbocycles. The second-order valence-electron chi connectivity index (χ2n) is 5.06. The smallest absolute Gasteiger partial charge is 0.254 e. The molecule has 104 valence electrons. The van der Waals surface area contributed by atoms with Crippen molar-refractivity contribution in [3.63, 3.8) is 0 Å². The normalized spacial score (nSPS) is 23.4. The third-order valence-electron chi connectivity index (χ3n) is 3.78. The van der Waals surface area contributed by atoms with Crippen LogP contribution in [-0.2, 0) is 10.1 Å². The van der Waals surface area contributed by atoms with E-state index in [1.165, 1.54) is 5.56 Å². The number of methoxy groups -OCH3 is 1. The van der Waals surface area contributed by atoms with Gasteiger partial charge >= 0.3 is 0 Å². The van der Waals surface area contributed by atoms with Gasteiger partial charge in [-0.1, -0.05) is 28.1 Å². The van der Waals surface area contributed by atoms with Gasteiger partial charge in [0.1, 0.15) is 0 Å². The van der Waals surface area contributed by atoms with Crippen LogP contribution in [0.2, 0.25) is 0 Å². The molecule has 19 heavy (non-hydrogen) atoms. The lowest BCUT2D eigenvalue weighted by molar-refractivity contribution is 0.0160.